The number of nitrogens with zero attached hydrogens (tertiary/aromatic N) is 2. The van der Waals surface area contributed by atoms with Gasteiger partial charge < -0.3 is 0 Å². The average molecular weight is 325 g/mol. The predicted molar refractivity (Wildman–Crippen MR) is 84.1 cm³/mol. The van der Waals surface area contributed by atoms with E-state index >= 15 is 0 Å². The van der Waals surface area contributed by atoms with Crippen LogP contribution in [0.3, 0.4) is 0 Å². The monoisotopic (exact) mass is 325 g/mol. The quantitative estimate of drug-likeness (QED) is 0.886. The lowest BCUT2D eigenvalue weighted by molar-refractivity contribution is 0.494. The van der Waals surface area contributed by atoms with E-state index in [-0.39, 0.29) is 11.3 Å². The summed E-state index contributed by atoms with van der Waals surface area (Å²) >= 11 is 1.61. The van der Waals surface area contributed by atoms with Crippen molar-refractivity contribution in [3.63, 3.8) is 0 Å². The minimum absolute atomic E-state index is 0.0986. The highest BCUT2D eigenvalue weighted by molar-refractivity contribution is 7.90. The summed E-state index contributed by atoms with van der Waals surface area (Å²) in [5, 5.41) is 8.37. The third-order valence-electron chi connectivity index (χ3n) is 3.71. The SMILES string of the molecule is Cc1cc(C)n([C@H](CNS(=O)(=O)C2CC2)c2ccsc2)n1. The first-order chi connectivity index (χ1) is 9.97. The molecule has 0 unspecified atom stereocenters. The molecular weight excluding hydrogens is 306 g/mol. The summed E-state index contributed by atoms with van der Waals surface area (Å²) < 4.78 is 28.8. The van der Waals surface area contributed by atoms with Crippen LogP contribution in [0.1, 0.15) is 35.8 Å². The van der Waals surface area contributed by atoms with Crippen LogP contribution >= 0.6 is 11.3 Å². The molecule has 0 saturated heterocycles. The van der Waals surface area contributed by atoms with Crippen molar-refractivity contribution in [1.82, 2.24) is 14.5 Å². The van der Waals surface area contributed by atoms with E-state index in [4.69, 9.17) is 0 Å². The van der Waals surface area contributed by atoms with Gasteiger partial charge in [0.15, 0.2) is 0 Å². The third kappa shape index (κ3) is 3.20. The molecular formula is C14H19N3O2S2. The van der Waals surface area contributed by atoms with Crippen LogP contribution in [0.5, 0.6) is 0 Å². The van der Waals surface area contributed by atoms with Crippen LogP contribution in [-0.4, -0.2) is 30.0 Å². The lowest BCUT2D eigenvalue weighted by atomic mass is 10.1. The van der Waals surface area contributed by atoms with E-state index in [2.05, 4.69) is 9.82 Å². The van der Waals surface area contributed by atoms with E-state index in [1.165, 1.54) is 0 Å². The lowest BCUT2D eigenvalue weighted by Crippen LogP contribution is -2.34. The van der Waals surface area contributed by atoms with E-state index in [1.807, 2.05) is 41.4 Å². The van der Waals surface area contributed by atoms with E-state index in [9.17, 15) is 8.42 Å². The molecule has 1 fully saturated rings. The predicted octanol–water partition coefficient (Wildman–Crippen LogP) is 2.23. The Morgan fingerprint density at radius 1 is 1.48 bits per heavy atom. The Morgan fingerprint density at radius 3 is 2.76 bits per heavy atom. The van der Waals surface area contributed by atoms with E-state index in [1.54, 1.807) is 11.3 Å². The second-order valence-corrected chi connectivity index (χ2v) is 8.36. The first kappa shape index (κ1) is 14.7. The molecule has 0 amide bonds. The number of sulfonamides is 1. The maximum absolute atomic E-state index is 12.1. The van der Waals surface area contributed by atoms with Gasteiger partial charge in [0, 0.05) is 12.2 Å². The number of hydrogen-bond donors (Lipinski definition) is 1. The van der Waals surface area contributed by atoms with Crippen LogP contribution in [0.4, 0.5) is 0 Å². The number of aromatic nitrogens is 2. The first-order valence-corrected chi connectivity index (χ1v) is 9.49. The molecule has 0 bridgehead atoms. The Morgan fingerprint density at radius 2 is 2.24 bits per heavy atom. The van der Waals surface area contributed by atoms with Crippen molar-refractivity contribution >= 4 is 21.4 Å². The second-order valence-electron chi connectivity index (χ2n) is 5.54. The zero-order valence-electron chi connectivity index (χ0n) is 12.1. The Bertz CT molecular complexity index is 715. The minimum Gasteiger partial charge on any atom is -0.261 e. The van der Waals surface area contributed by atoms with Gasteiger partial charge in [-0.15, -0.1) is 0 Å². The number of nitrogens with one attached hydrogen (secondary N) is 1. The van der Waals surface area contributed by atoms with Crippen LogP contribution in [0.15, 0.2) is 22.9 Å². The van der Waals surface area contributed by atoms with Gasteiger partial charge in [-0.3, -0.25) is 4.68 Å². The average Bonchev–Trinajstić information content (AvgIpc) is 3.06. The number of thiophene rings is 1. The Kier molecular flexibility index (Phi) is 3.90. The largest absolute Gasteiger partial charge is 0.261 e. The summed E-state index contributed by atoms with van der Waals surface area (Å²) in [6, 6.07) is 3.94. The molecule has 3 rings (SSSR count). The molecule has 1 N–H and O–H groups in total. The summed E-state index contributed by atoms with van der Waals surface area (Å²) in [5.41, 5.74) is 3.07. The fourth-order valence-corrected chi connectivity index (χ4v) is 4.55. The number of rotatable bonds is 6. The van der Waals surface area contributed by atoms with Gasteiger partial charge >= 0.3 is 0 Å². The van der Waals surface area contributed by atoms with Gasteiger partial charge in [0.2, 0.25) is 10.0 Å². The molecule has 0 spiro atoms. The summed E-state index contributed by atoms with van der Waals surface area (Å²) in [6.45, 7) is 4.29. The van der Waals surface area contributed by atoms with Gasteiger partial charge in [0.05, 0.1) is 17.0 Å². The number of hydrogen-bond acceptors (Lipinski definition) is 4. The summed E-state index contributed by atoms with van der Waals surface area (Å²) in [6.07, 6.45) is 1.55. The zero-order valence-corrected chi connectivity index (χ0v) is 13.7. The van der Waals surface area contributed by atoms with Gasteiger partial charge in [-0.25, -0.2) is 13.1 Å². The molecule has 114 valence electrons. The van der Waals surface area contributed by atoms with Crippen LogP contribution < -0.4 is 4.72 Å². The molecule has 2 aromatic rings. The first-order valence-electron chi connectivity index (χ1n) is 7.00. The van der Waals surface area contributed by atoms with E-state index in [0.29, 0.717) is 6.54 Å². The summed E-state index contributed by atoms with van der Waals surface area (Å²) in [4.78, 5) is 0. The lowest BCUT2D eigenvalue weighted by Gasteiger charge is -2.19. The molecule has 21 heavy (non-hydrogen) atoms. The maximum atomic E-state index is 12.1. The third-order valence-corrected chi connectivity index (χ3v) is 6.33. The van der Waals surface area contributed by atoms with Crippen molar-refractivity contribution in [2.75, 3.05) is 6.54 Å². The number of aryl methyl sites for hydroxylation is 2. The Labute approximate surface area is 129 Å². The smallest absolute Gasteiger partial charge is 0.214 e. The minimum atomic E-state index is -3.17. The molecule has 1 saturated carbocycles. The van der Waals surface area contributed by atoms with E-state index < -0.39 is 10.0 Å². The molecule has 0 radical (unpaired) electrons. The molecule has 1 atom stereocenters. The van der Waals surface area contributed by atoms with Crippen LogP contribution in [0, 0.1) is 13.8 Å². The molecule has 0 aliphatic heterocycles. The Balaban J connectivity index is 1.85. The molecule has 2 heterocycles. The molecule has 1 aliphatic rings. The second kappa shape index (κ2) is 5.55. The van der Waals surface area contributed by atoms with Crippen molar-refractivity contribution in [3.05, 3.63) is 39.8 Å². The highest BCUT2D eigenvalue weighted by atomic mass is 32.2. The van der Waals surface area contributed by atoms with Gasteiger partial charge in [-0.2, -0.15) is 16.4 Å². The molecule has 0 aromatic carbocycles. The van der Waals surface area contributed by atoms with Gasteiger partial charge in [-0.1, -0.05) is 0 Å². The zero-order chi connectivity index (χ0) is 15.0. The maximum Gasteiger partial charge on any atom is 0.214 e. The van der Waals surface area contributed by atoms with Crippen molar-refractivity contribution < 1.29 is 8.42 Å². The highest BCUT2D eigenvalue weighted by Crippen LogP contribution is 2.28. The molecule has 2 aromatic heterocycles. The van der Waals surface area contributed by atoms with Crippen LogP contribution in [-0.2, 0) is 10.0 Å². The normalized spacial score (nSPS) is 17.0. The van der Waals surface area contributed by atoms with E-state index in [0.717, 1.165) is 29.8 Å². The Hall–Kier alpha value is -1.18. The van der Waals surface area contributed by atoms with Crippen molar-refractivity contribution in [2.24, 2.45) is 0 Å². The molecule has 5 nitrogen and oxygen atoms in total. The fraction of sp³-hybridized carbons (Fsp3) is 0.500. The summed E-state index contributed by atoms with van der Waals surface area (Å²) in [5.74, 6) is 0. The van der Waals surface area contributed by atoms with Crippen molar-refractivity contribution in [2.45, 2.75) is 38.0 Å². The standard InChI is InChI=1S/C14H19N3O2S2/c1-10-7-11(2)17(16-10)14(12-5-6-20-9-12)8-15-21(18,19)13-3-4-13/h5-7,9,13-15H,3-4,8H2,1-2H3/t14-/m1/s1. The van der Waals surface area contributed by atoms with Gasteiger partial charge in [0.1, 0.15) is 0 Å². The van der Waals surface area contributed by atoms with Crippen molar-refractivity contribution in [1.29, 1.82) is 0 Å². The van der Waals surface area contributed by atoms with Gasteiger partial charge in [0.25, 0.3) is 0 Å². The van der Waals surface area contributed by atoms with Crippen LogP contribution in [0.2, 0.25) is 0 Å². The van der Waals surface area contributed by atoms with Gasteiger partial charge in [-0.05, 0) is 55.1 Å². The van der Waals surface area contributed by atoms with Crippen LogP contribution in [0.25, 0.3) is 0 Å². The molecule has 7 heteroatoms. The fourth-order valence-electron chi connectivity index (χ4n) is 2.46. The molecule has 1 aliphatic carbocycles. The highest BCUT2D eigenvalue weighted by Gasteiger charge is 2.36. The summed E-state index contributed by atoms with van der Waals surface area (Å²) in [7, 11) is -3.17. The van der Waals surface area contributed by atoms with Crippen molar-refractivity contribution in [3.8, 4) is 0 Å². The topological polar surface area (TPSA) is 64.0 Å².